The van der Waals surface area contributed by atoms with Crippen molar-refractivity contribution in [2.75, 3.05) is 5.32 Å². The van der Waals surface area contributed by atoms with E-state index in [0.29, 0.717) is 37.2 Å². The van der Waals surface area contributed by atoms with Crippen LogP contribution in [-0.2, 0) is 29.0 Å². The van der Waals surface area contributed by atoms with Gasteiger partial charge in [0.05, 0.1) is 5.69 Å². The van der Waals surface area contributed by atoms with Gasteiger partial charge in [0.1, 0.15) is 17.9 Å². The van der Waals surface area contributed by atoms with E-state index in [-0.39, 0.29) is 0 Å². The van der Waals surface area contributed by atoms with Crippen LogP contribution >= 0.6 is 0 Å². The molecule has 0 aliphatic rings. The number of aldehydes is 1. The van der Waals surface area contributed by atoms with Crippen LogP contribution in [0.2, 0.25) is 0 Å². The molecule has 1 amide bonds. The van der Waals surface area contributed by atoms with Gasteiger partial charge in [0.2, 0.25) is 6.29 Å². The topological polar surface area (TPSA) is 59.8 Å². The molecule has 3 aromatic carbocycles. The molecular formula is C30H26N2O3. The first-order valence-corrected chi connectivity index (χ1v) is 11.7. The molecule has 0 bridgehead atoms. The number of pyridine rings is 1. The molecule has 0 radical (unpaired) electrons. The maximum absolute atomic E-state index is 12.2. The largest absolute Gasteiger partial charge is 0.487 e. The molecule has 5 aromatic rings. The van der Waals surface area contributed by atoms with E-state index < -0.39 is 5.91 Å². The Morgan fingerprint density at radius 1 is 0.943 bits per heavy atom. The Kier molecular flexibility index (Phi) is 6.31. The summed E-state index contributed by atoms with van der Waals surface area (Å²) in [4.78, 5) is 23.4. The number of rotatable bonds is 8. The van der Waals surface area contributed by atoms with Crippen molar-refractivity contribution in [3.63, 3.8) is 0 Å². The minimum absolute atomic E-state index is 0.306. The summed E-state index contributed by atoms with van der Waals surface area (Å²) in [5.41, 5.74) is 5.68. The van der Waals surface area contributed by atoms with E-state index in [4.69, 9.17) is 4.74 Å². The van der Waals surface area contributed by atoms with Crippen molar-refractivity contribution >= 4 is 34.2 Å². The summed E-state index contributed by atoms with van der Waals surface area (Å²) in [5, 5.41) is 5.21. The summed E-state index contributed by atoms with van der Waals surface area (Å²) in [6.45, 7) is 2.45. The highest BCUT2D eigenvalue weighted by atomic mass is 16.5. The first kappa shape index (κ1) is 22.4. The van der Waals surface area contributed by atoms with Crippen molar-refractivity contribution in [3.8, 4) is 5.75 Å². The van der Waals surface area contributed by atoms with Gasteiger partial charge in [-0.25, -0.2) is 0 Å². The Hall–Kier alpha value is -4.38. The zero-order chi connectivity index (χ0) is 24.2. The summed E-state index contributed by atoms with van der Waals surface area (Å²) < 4.78 is 8.32. The Morgan fingerprint density at radius 2 is 1.71 bits per heavy atom. The van der Waals surface area contributed by atoms with Gasteiger partial charge in [-0.05, 0) is 46.0 Å². The van der Waals surface area contributed by atoms with Crippen LogP contribution in [0.1, 0.15) is 29.3 Å². The maximum Gasteiger partial charge on any atom is 0.288 e. The van der Waals surface area contributed by atoms with E-state index in [1.807, 2.05) is 60.8 Å². The number of nitrogens with one attached hydrogen (secondary N) is 1. The number of ether oxygens (including phenoxy) is 1. The lowest BCUT2D eigenvalue weighted by atomic mass is 9.98. The van der Waals surface area contributed by atoms with Crippen molar-refractivity contribution < 1.29 is 14.3 Å². The molecule has 35 heavy (non-hydrogen) atoms. The third kappa shape index (κ3) is 4.41. The second kappa shape index (κ2) is 9.85. The van der Waals surface area contributed by atoms with Crippen LogP contribution in [-0.4, -0.2) is 16.6 Å². The highest BCUT2D eigenvalue weighted by Crippen LogP contribution is 2.37. The summed E-state index contributed by atoms with van der Waals surface area (Å²) in [6.07, 6.45) is 3.65. The number of carbonyl (C=O) groups is 2. The summed E-state index contributed by atoms with van der Waals surface area (Å²) in [6, 6.07) is 28.5. The number of carbonyl (C=O) groups excluding carboxylic acids is 2. The minimum Gasteiger partial charge on any atom is -0.487 e. The quantitative estimate of drug-likeness (QED) is 0.229. The number of aromatic nitrogens is 1. The third-order valence-corrected chi connectivity index (χ3v) is 6.32. The first-order valence-electron chi connectivity index (χ1n) is 11.7. The molecule has 0 unspecified atom stereocenters. The molecule has 1 N–H and O–H groups in total. The molecule has 0 saturated carbocycles. The lowest BCUT2D eigenvalue weighted by Crippen LogP contribution is -2.13. The molecule has 5 rings (SSSR count). The fraction of sp³-hybridized carbons (Fsp3) is 0.133. The molecule has 0 spiro atoms. The number of anilines is 1. The van der Waals surface area contributed by atoms with Gasteiger partial charge < -0.3 is 14.5 Å². The van der Waals surface area contributed by atoms with Crippen molar-refractivity contribution in [3.05, 3.63) is 114 Å². The van der Waals surface area contributed by atoms with Crippen molar-refractivity contribution in [1.82, 2.24) is 4.40 Å². The summed E-state index contributed by atoms with van der Waals surface area (Å²) in [5.74, 6) is -0.0294. The molecule has 2 heterocycles. The molecule has 2 aromatic heterocycles. The Morgan fingerprint density at radius 3 is 2.51 bits per heavy atom. The van der Waals surface area contributed by atoms with Gasteiger partial charge >= 0.3 is 0 Å². The van der Waals surface area contributed by atoms with Crippen molar-refractivity contribution in [2.45, 2.75) is 26.4 Å². The number of nitrogens with zero attached hydrogens (tertiary/aromatic N) is 1. The zero-order valence-electron chi connectivity index (χ0n) is 19.5. The van der Waals surface area contributed by atoms with Crippen LogP contribution in [0.15, 0.2) is 91.1 Å². The summed E-state index contributed by atoms with van der Waals surface area (Å²) >= 11 is 0. The number of fused-ring (bicyclic) bond motifs is 2. The van der Waals surface area contributed by atoms with Gasteiger partial charge in [0, 0.05) is 18.3 Å². The van der Waals surface area contributed by atoms with E-state index in [9.17, 15) is 9.59 Å². The lowest BCUT2D eigenvalue weighted by molar-refractivity contribution is -0.127. The van der Waals surface area contributed by atoms with Crippen LogP contribution in [0.4, 0.5) is 5.69 Å². The standard InChI is InChI=1S/C30H26N2O3/c1-2-24-26(18-23-14-8-13-22-12-6-7-15-25(22)23)32-17-9-16-27(30(32)29(24)31-28(34)19-33)35-20-21-10-4-3-5-11-21/h3-17,19H,2,18,20H2,1H3,(H,31,34). The van der Waals surface area contributed by atoms with Gasteiger partial charge in [-0.3, -0.25) is 9.59 Å². The van der Waals surface area contributed by atoms with Gasteiger partial charge in [-0.15, -0.1) is 0 Å². The number of hydrogen-bond donors (Lipinski definition) is 1. The SMILES string of the molecule is CCc1c(NC(=O)C=O)c2c(OCc3ccccc3)cccn2c1Cc1cccc2ccccc12. The molecule has 0 saturated heterocycles. The maximum atomic E-state index is 12.2. The van der Waals surface area contributed by atoms with Crippen molar-refractivity contribution in [1.29, 1.82) is 0 Å². The van der Waals surface area contributed by atoms with Gasteiger partial charge in [-0.2, -0.15) is 0 Å². The average molecular weight is 463 g/mol. The van der Waals surface area contributed by atoms with Crippen LogP contribution in [0, 0.1) is 0 Å². The molecule has 5 heteroatoms. The normalized spacial score (nSPS) is 11.0. The molecule has 5 nitrogen and oxygen atoms in total. The zero-order valence-corrected chi connectivity index (χ0v) is 19.5. The Labute approximate surface area is 204 Å². The van der Waals surface area contributed by atoms with E-state index >= 15 is 0 Å². The number of hydrogen-bond acceptors (Lipinski definition) is 3. The van der Waals surface area contributed by atoms with Crippen molar-refractivity contribution in [2.24, 2.45) is 0 Å². The third-order valence-electron chi connectivity index (χ3n) is 6.32. The second-order valence-corrected chi connectivity index (χ2v) is 8.44. The van der Waals surface area contributed by atoms with Crippen LogP contribution < -0.4 is 10.1 Å². The van der Waals surface area contributed by atoms with Crippen LogP contribution in [0.3, 0.4) is 0 Å². The molecule has 174 valence electrons. The monoisotopic (exact) mass is 462 g/mol. The Balaban J connectivity index is 1.65. The number of benzene rings is 3. The van der Waals surface area contributed by atoms with Gasteiger partial charge in [-0.1, -0.05) is 79.7 Å². The van der Waals surface area contributed by atoms with Crippen LogP contribution in [0.5, 0.6) is 5.75 Å². The fourth-order valence-corrected chi connectivity index (χ4v) is 4.73. The predicted molar refractivity (Wildman–Crippen MR) is 139 cm³/mol. The van der Waals surface area contributed by atoms with Gasteiger partial charge in [0.15, 0.2) is 0 Å². The highest BCUT2D eigenvalue weighted by molar-refractivity contribution is 6.30. The molecular weight excluding hydrogens is 436 g/mol. The van der Waals surface area contributed by atoms with E-state index in [1.165, 1.54) is 16.3 Å². The fourth-order valence-electron chi connectivity index (χ4n) is 4.73. The molecule has 0 fully saturated rings. The number of amides is 1. The molecule has 0 aliphatic heterocycles. The van der Waals surface area contributed by atoms with Gasteiger partial charge in [0.25, 0.3) is 5.91 Å². The lowest BCUT2D eigenvalue weighted by Gasteiger charge is -2.11. The summed E-state index contributed by atoms with van der Waals surface area (Å²) in [7, 11) is 0. The van der Waals surface area contributed by atoms with E-state index in [0.717, 1.165) is 22.3 Å². The minimum atomic E-state index is -0.679. The molecule has 0 aliphatic carbocycles. The second-order valence-electron chi connectivity index (χ2n) is 8.44. The highest BCUT2D eigenvalue weighted by Gasteiger charge is 2.22. The smallest absolute Gasteiger partial charge is 0.288 e. The van der Waals surface area contributed by atoms with E-state index in [2.05, 4.69) is 47.0 Å². The first-order chi connectivity index (χ1) is 17.2. The van der Waals surface area contributed by atoms with E-state index in [1.54, 1.807) is 0 Å². The van der Waals surface area contributed by atoms with Crippen LogP contribution in [0.25, 0.3) is 16.3 Å². The average Bonchev–Trinajstić information content (AvgIpc) is 3.20. The Bertz CT molecular complexity index is 1510. The predicted octanol–water partition coefficient (Wildman–Crippen LogP) is 5.96. The molecule has 0 atom stereocenters.